The van der Waals surface area contributed by atoms with Gasteiger partial charge in [0.1, 0.15) is 5.82 Å². The van der Waals surface area contributed by atoms with Crippen LogP contribution in [-0.4, -0.2) is 42.0 Å². The van der Waals surface area contributed by atoms with E-state index in [4.69, 9.17) is 0 Å². The molecule has 7 heteroatoms. The zero-order valence-corrected chi connectivity index (χ0v) is 14.6. The van der Waals surface area contributed by atoms with Gasteiger partial charge < -0.3 is 10.6 Å². The summed E-state index contributed by atoms with van der Waals surface area (Å²) in [6, 6.07) is 10.4. The Balaban J connectivity index is 0.00000225. The van der Waals surface area contributed by atoms with Crippen LogP contribution < -0.4 is 10.6 Å². The number of carbonyl (C=O) groups excluding carboxylic acids is 1. The van der Waals surface area contributed by atoms with Crippen LogP contribution in [0.5, 0.6) is 0 Å². The van der Waals surface area contributed by atoms with Crippen LogP contribution in [0.1, 0.15) is 18.0 Å². The molecule has 1 aliphatic heterocycles. The molecule has 1 fully saturated rings. The Bertz CT molecular complexity index is 686. The molecule has 2 heterocycles. The number of carbonyl (C=O) groups is 1. The molecule has 2 N–H and O–H groups in total. The molecule has 0 spiro atoms. The number of hydrogen-bond acceptors (Lipinski definition) is 4. The summed E-state index contributed by atoms with van der Waals surface area (Å²) in [6.07, 6.45) is 3.95. The van der Waals surface area contributed by atoms with Gasteiger partial charge in [0.25, 0.3) is 0 Å². The van der Waals surface area contributed by atoms with Crippen LogP contribution in [0.2, 0.25) is 0 Å². The highest BCUT2D eigenvalue weighted by atomic mass is 35.5. The van der Waals surface area contributed by atoms with E-state index in [1.54, 1.807) is 24.4 Å². The number of nitrogens with one attached hydrogen (secondary N) is 2. The van der Waals surface area contributed by atoms with Gasteiger partial charge in [-0.2, -0.15) is 0 Å². The summed E-state index contributed by atoms with van der Waals surface area (Å²) in [5.41, 5.74) is 1.37. The number of benzene rings is 1. The van der Waals surface area contributed by atoms with E-state index >= 15 is 0 Å². The fourth-order valence-electron chi connectivity index (χ4n) is 2.94. The standard InChI is InChI=1S/C18H21FN4O.ClH/c19-15-5-1-2-6-16(15)22-18(24)7-10-23-11-9-21-13-17(23)14-4-3-8-20-12-14;/h1-6,8,12,17,21H,7,9-11,13H2,(H,22,24);1H. The van der Waals surface area contributed by atoms with Crippen molar-refractivity contribution in [3.63, 3.8) is 0 Å². The average molecular weight is 365 g/mol. The molecule has 2 aromatic rings. The average Bonchev–Trinajstić information content (AvgIpc) is 2.63. The van der Waals surface area contributed by atoms with Crippen molar-refractivity contribution in [1.82, 2.24) is 15.2 Å². The summed E-state index contributed by atoms with van der Waals surface area (Å²) in [7, 11) is 0. The molecule has 1 atom stereocenters. The van der Waals surface area contributed by atoms with Gasteiger partial charge in [0, 0.05) is 51.0 Å². The number of hydrogen-bond donors (Lipinski definition) is 2. The van der Waals surface area contributed by atoms with Crippen molar-refractivity contribution in [2.45, 2.75) is 12.5 Å². The van der Waals surface area contributed by atoms with Gasteiger partial charge in [0.15, 0.2) is 0 Å². The largest absolute Gasteiger partial charge is 0.324 e. The Morgan fingerprint density at radius 2 is 2.16 bits per heavy atom. The summed E-state index contributed by atoms with van der Waals surface area (Å²) >= 11 is 0. The van der Waals surface area contributed by atoms with E-state index in [0.717, 1.165) is 25.2 Å². The van der Waals surface area contributed by atoms with Gasteiger partial charge in [-0.3, -0.25) is 14.7 Å². The van der Waals surface area contributed by atoms with Crippen LogP contribution in [0, 0.1) is 5.82 Å². The fourth-order valence-corrected chi connectivity index (χ4v) is 2.94. The van der Waals surface area contributed by atoms with Crippen molar-refractivity contribution < 1.29 is 9.18 Å². The summed E-state index contributed by atoms with van der Waals surface area (Å²) in [5, 5.41) is 6.01. The van der Waals surface area contributed by atoms with Crippen molar-refractivity contribution in [3.8, 4) is 0 Å². The van der Waals surface area contributed by atoms with E-state index in [1.807, 2.05) is 12.3 Å². The molecule has 1 amide bonds. The first kappa shape index (κ1) is 19.3. The third kappa shape index (κ3) is 5.22. The zero-order chi connectivity index (χ0) is 16.8. The van der Waals surface area contributed by atoms with Gasteiger partial charge in [-0.25, -0.2) is 4.39 Å². The molecule has 1 unspecified atom stereocenters. The fraction of sp³-hybridized carbons (Fsp3) is 0.333. The van der Waals surface area contributed by atoms with E-state index in [2.05, 4.69) is 26.6 Å². The van der Waals surface area contributed by atoms with Crippen LogP contribution >= 0.6 is 12.4 Å². The number of amides is 1. The first-order valence-electron chi connectivity index (χ1n) is 8.13. The van der Waals surface area contributed by atoms with E-state index in [9.17, 15) is 9.18 Å². The number of pyridine rings is 1. The maximum absolute atomic E-state index is 13.6. The van der Waals surface area contributed by atoms with Crippen LogP contribution in [0.15, 0.2) is 48.8 Å². The van der Waals surface area contributed by atoms with Gasteiger partial charge >= 0.3 is 0 Å². The Morgan fingerprint density at radius 1 is 1.32 bits per heavy atom. The van der Waals surface area contributed by atoms with E-state index in [1.165, 1.54) is 6.07 Å². The highest BCUT2D eigenvalue weighted by Crippen LogP contribution is 2.21. The van der Waals surface area contributed by atoms with Gasteiger partial charge in [-0.05, 0) is 23.8 Å². The molecule has 1 saturated heterocycles. The van der Waals surface area contributed by atoms with E-state index < -0.39 is 5.82 Å². The lowest BCUT2D eigenvalue weighted by Gasteiger charge is -2.36. The minimum Gasteiger partial charge on any atom is -0.324 e. The number of aromatic nitrogens is 1. The first-order chi connectivity index (χ1) is 11.7. The topological polar surface area (TPSA) is 57.3 Å². The molecule has 25 heavy (non-hydrogen) atoms. The highest BCUT2D eigenvalue weighted by molar-refractivity contribution is 5.90. The predicted octanol–water partition coefficient (Wildman–Crippen LogP) is 2.62. The van der Waals surface area contributed by atoms with Gasteiger partial charge in [0.05, 0.1) is 5.69 Å². The number of piperazine rings is 1. The predicted molar refractivity (Wildman–Crippen MR) is 98.3 cm³/mol. The van der Waals surface area contributed by atoms with E-state index in [0.29, 0.717) is 13.0 Å². The van der Waals surface area contributed by atoms with Crippen LogP contribution in [0.4, 0.5) is 10.1 Å². The third-order valence-electron chi connectivity index (χ3n) is 4.20. The summed E-state index contributed by atoms with van der Waals surface area (Å²) in [6.45, 7) is 3.22. The maximum Gasteiger partial charge on any atom is 0.225 e. The van der Waals surface area contributed by atoms with Crippen LogP contribution in [0.25, 0.3) is 0 Å². The maximum atomic E-state index is 13.6. The van der Waals surface area contributed by atoms with Gasteiger partial charge in [0.2, 0.25) is 5.91 Å². The minimum absolute atomic E-state index is 0. The molecule has 0 bridgehead atoms. The van der Waals surface area contributed by atoms with Crippen molar-refractivity contribution in [3.05, 3.63) is 60.2 Å². The second kappa shape index (κ2) is 9.46. The molecule has 3 rings (SSSR count). The minimum atomic E-state index is -0.416. The van der Waals surface area contributed by atoms with Gasteiger partial charge in [-0.15, -0.1) is 12.4 Å². The molecular weight excluding hydrogens is 343 g/mol. The van der Waals surface area contributed by atoms with Crippen molar-refractivity contribution >= 4 is 24.0 Å². The number of nitrogens with zero attached hydrogens (tertiary/aromatic N) is 2. The Morgan fingerprint density at radius 3 is 2.92 bits per heavy atom. The lowest BCUT2D eigenvalue weighted by Crippen LogP contribution is -2.46. The number of anilines is 1. The van der Waals surface area contributed by atoms with Crippen molar-refractivity contribution in [1.29, 1.82) is 0 Å². The molecule has 5 nitrogen and oxygen atoms in total. The quantitative estimate of drug-likeness (QED) is 0.856. The Labute approximate surface area is 153 Å². The zero-order valence-electron chi connectivity index (χ0n) is 13.8. The summed E-state index contributed by atoms with van der Waals surface area (Å²) in [4.78, 5) is 18.6. The molecule has 1 aliphatic rings. The monoisotopic (exact) mass is 364 g/mol. The number of para-hydroxylation sites is 1. The lowest BCUT2D eigenvalue weighted by molar-refractivity contribution is -0.116. The second-order valence-electron chi connectivity index (χ2n) is 5.82. The Hall–Kier alpha value is -2.02. The smallest absolute Gasteiger partial charge is 0.225 e. The SMILES string of the molecule is Cl.O=C(CCN1CCNCC1c1cccnc1)Nc1ccccc1F. The molecule has 1 aromatic heterocycles. The first-order valence-corrected chi connectivity index (χ1v) is 8.13. The second-order valence-corrected chi connectivity index (χ2v) is 5.82. The molecule has 0 aliphatic carbocycles. The summed E-state index contributed by atoms with van der Waals surface area (Å²) < 4.78 is 13.6. The molecular formula is C18H22ClFN4O. The highest BCUT2D eigenvalue weighted by Gasteiger charge is 2.24. The van der Waals surface area contributed by atoms with E-state index in [-0.39, 0.29) is 30.0 Å². The van der Waals surface area contributed by atoms with Crippen LogP contribution in [-0.2, 0) is 4.79 Å². The lowest BCUT2D eigenvalue weighted by atomic mass is 10.1. The van der Waals surface area contributed by atoms with Crippen molar-refractivity contribution in [2.24, 2.45) is 0 Å². The van der Waals surface area contributed by atoms with Crippen LogP contribution in [0.3, 0.4) is 0 Å². The molecule has 0 saturated carbocycles. The van der Waals surface area contributed by atoms with Gasteiger partial charge in [-0.1, -0.05) is 18.2 Å². The number of halogens is 2. The third-order valence-corrected chi connectivity index (χ3v) is 4.20. The normalized spacial score (nSPS) is 17.6. The summed E-state index contributed by atoms with van der Waals surface area (Å²) in [5.74, 6) is -0.593. The molecule has 134 valence electrons. The molecule has 1 aromatic carbocycles. The number of rotatable bonds is 5. The Kier molecular flexibility index (Phi) is 7.31. The molecule has 0 radical (unpaired) electrons. The van der Waals surface area contributed by atoms with Crippen molar-refractivity contribution in [2.75, 3.05) is 31.5 Å².